The molecule has 29 heavy (non-hydrogen) atoms. The Labute approximate surface area is 184 Å². The molecule has 0 N–H and O–H groups in total. The van der Waals surface area contributed by atoms with Gasteiger partial charge in [0.1, 0.15) is 5.75 Å². The molecule has 0 bridgehead atoms. The first-order chi connectivity index (χ1) is 13.8. The van der Waals surface area contributed by atoms with Gasteiger partial charge >= 0.3 is 11.9 Å². The van der Waals surface area contributed by atoms with Gasteiger partial charge in [0.15, 0.2) is 12.2 Å². The minimum atomic E-state index is -1.40. The second kappa shape index (κ2) is 8.59. The topological polar surface area (TPSA) is 80.3 Å². The van der Waals surface area contributed by atoms with E-state index in [1.807, 2.05) is 37.3 Å². The number of fused-ring (bicyclic) bond motifs is 1. The van der Waals surface area contributed by atoms with Crippen molar-refractivity contribution in [2.45, 2.75) is 29.7 Å². The Morgan fingerprint density at radius 1 is 1.03 bits per heavy atom. The number of hydrogen-bond acceptors (Lipinski definition) is 7. The SMILES string of the molecule is COC(=O)[C@@H]1OC(c2ccc3c(Br)c(OC)ccc3c2)(C(C)Br)O[C@H]1C(=O)OC. The number of carbonyl (C=O) groups excluding carboxylic acids is 2. The van der Waals surface area contributed by atoms with Crippen LogP contribution in [0.1, 0.15) is 12.5 Å². The van der Waals surface area contributed by atoms with E-state index in [4.69, 9.17) is 23.7 Å². The Hall–Kier alpha value is -1.68. The van der Waals surface area contributed by atoms with E-state index >= 15 is 0 Å². The average Bonchev–Trinajstić information content (AvgIpc) is 3.15. The summed E-state index contributed by atoms with van der Waals surface area (Å²) in [5.41, 5.74) is 0.631. The summed E-state index contributed by atoms with van der Waals surface area (Å²) in [6.07, 6.45) is -2.52. The van der Waals surface area contributed by atoms with Gasteiger partial charge in [-0.25, -0.2) is 9.59 Å². The molecule has 3 atom stereocenters. The van der Waals surface area contributed by atoms with Gasteiger partial charge in [0.25, 0.3) is 0 Å². The van der Waals surface area contributed by atoms with Crippen molar-refractivity contribution in [3.63, 3.8) is 0 Å². The summed E-state index contributed by atoms with van der Waals surface area (Å²) in [6.45, 7) is 1.81. The fourth-order valence-electron chi connectivity index (χ4n) is 3.30. The Bertz CT molecular complexity index is 920. The molecule has 7 nitrogen and oxygen atoms in total. The third kappa shape index (κ3) is 3.76. The van der Waals surface area contributed by atoms with Crippen LogP contribution in [-0.2, 0) is 34.3 Å². The number of esters is 2. The third-order valence-electron chi connectivity index (χ3n) is 4.81. The van der Waals surface area contributed by atoms with Gasteiger partial charge < -0.3 is 23.7 Å². The minimum Gasteiger partial charge on any atom is -0.496 e. The molecule has 2 aromatic carbocycles. The van der Waals surface area contributed by atoms with Crippen molar-refractivity contribution in [1.29, 1.82) is 0 Å². The van der Waals surface area contributed by atoms with Crippen LogP contribution >= 0.6 is 31.9 Å². The Kier molecular flexibility index (Phi) is 6.52. The molecule has 3 rings (SSSR count). The molecule has 1 fully saturated rings. The zero-order valence-electron chi connectivity index (χ0n) is 16.2. The monoisotopic (exact) mass is 530 g/mol. The first-order valence-electron chi connectivity index (χ1n) is 8.71. The van der Waals surface area contributed by atoms with Crippen LogP contribution in [0.2, 0.25) is 0 Å². The van der Waals surface area contributed by atoms with Crippen LogP contribution < -0.4 is 4.74 Å². The highest BCUT2D eigenvalue weighted by atomic mass is 79.9. The van der Waals surface area contributed by atoms with Crippen molar-refractivity contribution in [2.24, 2.45) is 0 Å². The van der Waals surface area contributed by atoms with Crippen LogP contribution in [0.4, 0.5) is 0 Å². The lowest BCUT2D eigenvalue weighted by Crippen LogP contribution is -2.38. The van der Waals surface area contributed by atoms with Crippen LogP contribution in [0.3, 0.4) is 0 Å². The molecule has 1 unspecified atom stereocenters. The lowest BCUT2D eigenvalue weighted by atomic mass is 9.99. The van der Waals surface area contributed by atoms with E-state index in [1.54, 1.807) is 7.11 Å². The van der Waals surface area contributed by atoms with Gasteiger partial charge in [-0.1, -0.05) is 34.1 Å². The van der Waals surface area contributed by atoms with Crippen molar-refractivity contribution in [3.05, 3.63) is 40.4 Å². The predicted molar refractivity (Wildman–Crippen MR) is 112 cm³/mol. The average molecular weight is 532 g/mol. The molecule has 0 saturated carbocycles. The molecule has 2 aromatic rings. The Balaban J connectivity index is 2.12. The molecule has 0 aromatic heterocycles. The van der Waals surface area contributed by atoms with Gasteiger partial charge in [-0.2, -0.15) is 0 Å². The molecule has 0 aliphatic carbocycles. The van der Waals surface area contributed by atoms with Crippen molar-refractivity contribution in [3.8, 4) is 5.75 Å². The Morgan fingerprint density at radius 2 is 1.62 bits per heavy atom. The van der Waals surface area contributed by atoms with Crippen LogP contribution in [0, 0.1) is 0 Å². The van der Waals surface area contributed by atoms with Gasteiger partial charge in [0.05, 0.1) is 30.6 Å². The lowest BCUT2D eigenvalue weighted by molar-refractivity contribution is -0.192. The summed E-state index contributed by atoms with van der Waals surface area (Å²) in [7, 11) is 4.04. The van der Waals surface area contributed by atoms with Crippen LogP contribution in [0.25, 0.3) is 10.8 Å². The number of alkyl halides is 1. The van der Waals surface area contributed by atoms with Crippen molar-refractivity contribution in [2.75, 3.05) is 21.3 Å². The van der Waals surface area contributed by atoms with Gasteiger partial charge in [0.2, 0.25) is 5.79 Å². The van der Waals surface area contributed by atoms with Crippen LogP contribution in [0.5, 0.6) is 5.75 Å². The van der Waals surface area contributed by atoms with Crippen LogP contribution in [0.15, 0.2) is 34.8 Å². The quantitative estimate of drug-likeness (QED) is 0.430. The van der Waals surface area contributed by atoms with E-state index in [-0.39, 0.29) is 0 Å². The molecule has 1 aliphatic heterocycles. The highest BCUT2D eigenvalue weighted by molar-refractivity contribution is 9.10. The number of ether oxygens (including phenoxy) is 5. The van der Waals surface area contributed by atoms with Gasteiger partial charge in [0, 0.05) is 5.56 Å². The summed E-state index contributed by atoms with van der Waals surface area (Å²) in [6, 6.07) is 9.33. The summed E-state index contributed by atoms with van der Waals surface area (Å²) in [4.78, 5) is 24.1. The zero-order chi connectivity index (χ0) is 21.3. The van der Waals surface area contributed by atoms with E-state index in [2.05, 4.69) is 31.9 Å². The standard InChI is InChI=1S/C20H20Br2O7/c1-10(21)20(28-16(18(23)26-3)17(29-20)19(24)27-4)12-6-7-13-11(9-12)5-8-14(25-2)15(13)22/h5-10,16-17H,1-4H3/t10?,16-,17-/m1/s1. The highest BCUT2D eigenvalue weighted by Gasteiger charge is 2.57. The van der Waals surface area contributed by atoms with Crippen molar-refractivity contribution >= 4 is 54.6 Å². The molecule has 1 heterocycles. The molecule has 1 aliphatic rings. The summed E-state index contributed by atoms with van der Waals surface area (Å²) < 4.78 is 27.8. The lowest BCUT2D eigenvalue weighted by Gasteiger charge is -2.31. The van der Waals surface area contributed by atoms with E-state index < -0.39 is 34.8 Å². The largest absolute Gasteiger partial charge is 0.496 e. The predicted octanol–water partition coefficient (Wildman–Crippen LogP) is 3.68. The second-order valence-electron chi connectivity index (χ2n) is 6.42. The fraction of sp³-hybridized carbons (Fsp3) is 0.400. The van der Waals surface area contributed by atoms with Crippen molar-refractivity contribution in [1.82, 2.24) is 0 Å². The maximum Gasteiger partial charge on any atom is 0.338 e. The zero-order valence-corrected chi connectivity index (χ0v) is 19.4. The van der Waals surface area contributed by atoms with Gasteiger partial charge in [-0.3, -0.25) is 0 Å². The molecule has 9 heteroatoms. The summed E-state index contributed by atoms with van der Waals surface area (Å²) in [5.74, 6) is -2.13. The summed E-state index contributed by atoms with van der Waals surface area (Å²) >= 11 is 7.06. The molecule has 156 valence electrons. The maximum absolute atomic E-state index is 12.2. The number of methoxy groups -OCH3 is 3. The van der Waals surface area contributed by atoms with E-state index in [9.17, 15) is 9.59 Å². The number of halogens is 2. The number of hydrogen-bond donors (Lipinski definition) is 0. The van der Waals surface area contributed by atoms with Gasteiger partial charge in [-0.15, -0.1) is 0 Å². The normalized spacial score (nSPS) is 21.6. The molecule has 0 amide bonds. The number of benzene rings is 2. The maximum atomic E-state index is 12.2. The first kappa shape index (κ1) is 22.0. The molecule has 0 radical (unpaired) electrons. The third-order valence-corrected chi connectivity index (χ3v) is 6.23. The molecular weight excluding hydrogens is 512 g/mol. The van der Waals surface area contributed by atoms with Crippen molar-refractivity contribution < 1.29 is 33.3 Å². The van der Waals surface area contributed by atoms with E-state index in [0.29, 0.717) is 11.3 Å². The van der Waals surface area contributed by atoms with E-state index in [0.717, 1.165) is 15.2 Å². The highest BCUT2D eigenvalue weighted by Crippen LogP contribution is 2.45. The van der Waals surface area contributed by atoms with Crippen LogP contribution in [-0.4, -0.2) is 50.3 Å². The molecular formula is C20H20Br2O7. The fourth-order valence-corrected chi connectivity index (χ4v) is 4.44. The molecule has 1 saturated heterocycles. The molecule has 0 spiro atoms. The van der Waals surface area contributed by atoms with E-state index in [1.165, 1.54) is 14.2 Å². The second-order valence-corrected chi connectivity index (χ2v) is 8.59. The van der Waals surface area contributed by atoms with Gasteiger partial charge in [-0.05, 0) is 45.8 Å². The summed E-state index contributed by atoms with van der Waals surface area (Å²) in [5, 5.41) is 1.82. The minimum absolute atomic E-state index is 0.407. The Morgan fingerprint density at radius 3 is 2.10 bits per heavy atom. The number of carbonyl (C=O) groups is 2. The first-order valence-corrected chi connectivity index (χ1v) is 10.4. The smallest absolute Gasteiger partial charge is 0.338 e. The number of rotatable bonds is 5.